The minimum atomic E-state index is -0.197. The summed E-state index contributed by atoms with van der Waals surface area (Å²) in [5.41, 5.74) is 3.56. The molecule has 0 aliphatic carbocycles. The second kappa shape index (κ2) is 7.86. The highest BCUT2D eigenvalue weighted by molar-refractivity contribution is 7.13. The average Bonchev–Trinajstić information content (AvgIpc) is 3.34. The highest BCUT2D eigenvalue weighted by atomic mass is 32.1. The minimum Gasteiger partial charge on any atom is -0.368 e. The molecule has 5 nitrogen and oxygen atoms in total. The largest absolute Gasteiger partial charge is 0.368 e. The summed E-state index contributed by atoms with van der Waals surface area (Å²) < 4.78 is 5.53. The van der Waals surface area contributed by atoms with E-state index in [1.165, 1.54) is 11.1 Å². The Labute approximate surface area is 158 Å². The zero-order chi connectivity index (χ0) is 17.9. The van der Waals surface area contributed by atoms with E-state index in [0.29, 0.717) is 0 Å². The molecule has 0 saturated carbocycles. The van der Waals surface area contributed by atoms with Gasteiger partial charge in [0.05, 0.1) is 5.69 Å². The van der Waals surface area contributed by atoms with Gasteiger partial charge in [0.1, 0.15) is 11.1 Å². The van der Waals surface area contributed by atoms with Crippen molar-refractivity contribution in [1.29, 1.82) is 0 Å². The zero-order valence-electron chi connectivity index (χ0n) is 15.2. The Balaban J connectivity index is 1.31. The molecule has 0 N–H and O–H groups in total. The van der Waals surface area contributed by atoms with Crippen molar-refractivity contribution < 1.29 is 9.53 Å². The Kier molecular flexibility index (Phi) is 5.33. The second-order valence-electron chi connectivity index (χ2n) is 7.12. The van der Waals surface area contributed by atoms with Crippen LogP contribution in [0.3, 0.4) is 0 Å². The number of piperazine rings is 1. The molecule has 26 heavy (non-hydrogen) atoms. The first kappa shape index (κ1) is 17.6. The summed E-state index contributed by atoms with van der Waals surface area (Å²) in [6.07, 6.45) is 1.68. The lowest BCUT2D eigenvalue weighted by atomic mass is 10.1. The third kappa shape index (κ3) is 3.98. The monoisotopic (exact) mass is 371 g/mol. The van der Waals surface area contributed by atoms with Gasteiger partial charge in [-0.15, -0.1) is 11.3 Å². The number of rotatable bonds is 4. The molecule has 2 aliphatic rings. The molecule has 0 bridgehead atoms. The van der Waals surface area contributed by atoms with Crippen molar-refractivity contribution in [2.24, 2.45) is 0 Å². The number of aryl methyl sites for hydroxylation is 1. The highest BCUT2D eigenvalue weighted by Crippen LogP contribution is 2.25. The van der Waals surface area contributed by atoms with Crippen LogP contribution in [0.5, 0.6) is 0 Å². The van der Waals surface area contributed by atoms with E-state index in [9.17, 15) is 4.79 Å². The van der Waals surface area contributed by atoms with Crippen molar-refractivity contribution in [1.82, 2.24) is 14.8 Å². The van der Waals surface area contributed by atoms with Gasteiger partial charge >= 0.3 is 0 Å². The van der Waals surface area contributed by atoms with Crippen LogP contribution in [0, 0.1) is 6.92 Å². The predicted molar refractivity (Wildman–Crippen MR) is 103 cm³/mol. The molecule has 0 unspecified atom stereocenters. The highest BCUT2D eigenvalue weighted by Gasteiger charge is 2.30. The number of thiazole rings is 1. The van der Waals surface area contributed by atoms with E-state index in [0.717, 1.165) is 62.9 Å². The lowest BCUT2D eigenvalue weighted by Gasteiger charge is -2.35. The molecule has 6 heteroatoms. The first-order chi connectivity index (χ1) is 12.7. The average molecular weight is 372 g/mol. The summed E-state index contributed by atoms with van der Waals surface area (Å²) in [5.74, 6) is 0.178. The minimum absolute atomic E-state index is 0.178. The molecule has 2 fully saturated rings. The summed E-state index contributed by atoms with van der Waals surface area (Å²) in [6.45, 7) is 7.05. The van der Waals surface area contributed by atoms with Crippen LogP contribution < -0.4 is 0 Å². The van der Waals surface area contributed by atoms with Gasteiger partial charge in [0.15, 0.2) is 0 Å². The maximum Gasteiger partial charge on any atom is 0.251 e. The van der Waals surface area contributed by atoms with Crippen molar-refractivity contribution >= 4 is 17.2 Å². The van der Waals surface area contributed by atoms with Crippen molar-refractivity contribution in [2.75, 3.05) is 32.8 Å². The standard InChI is InChI=1S/C20H25N3O2S/c1-15-4-2-5-16(12-15)19-21-17(14-26-19)13-22-7-9-23(10-8-22)20(24)18-6-3-11-25-18/h2,4-5,12,14,18H,3,6-11,13H2,1H3/t18-/m0/s1. The van der Waals surface area contributed by atoms with E-state index in [-0.39, 0.29) is 12.0 Å². The van der Waals surface area contributed by atoms with Gasteiger partial charge in [-0.1, -0.05) is 23.8 Å². The molecule has 2 aromatic rings. The molecule has 1 aromatic heterocycles. The van der Waals surface area contributed by atoms with Gasteiger partial charge in [0.2, 0.25) is 0 Å². The van der Waals surface area contributed by atoms with Gasteiger partial charge in [-0.05, 0) is 25.8 Å². The quantitative estimate of drug-likeness (QED) is 0.829. The Morgan fingerprint density at radius 1 is 1.31 bits per heavy atom. The number of nitrogens with zero attached hydrogens (tertiary/aromatic N) is 3. The first-order valence-corrected chi connectivity index (χ1v) is 10.2. The third-order valence-corrected chi connectivity index (χ3v) is 6.03. The van der Waals surface area contributed by atoms with E-state index in [1.807, 2.05) is 4.90 Å². The van der Waals surface area contributed by atoms with Crippen LogP contribution in [0.25, 0.3) is 10.6 Å². The van der Waals surface area contributed by atoms with E-state index >= 15 is 0 Å². The van der Waals surface area contributed by atoms with E-state index in [4.69, 9.17) is 9.72 Å². The van der Waals surface area contributed by atoms with E-state index < -0.39 is 0 Å². The summed E-state index contributed by atoms with van der Waals surface area (Å²) in [7, 11) is 0. The molecular formula is C20H25N3O2S. The molecule has 2 aliphatic heterocycles. The third-order valence-electron chi connectivity index (χ3n) is 5.09. The fourth-order valence-electron chi connectivity index (χ4n) is 3.62. The van der Waals surface area contributed by atoms with E-state index in [2.05, 4.69) is 41.5 Å². The molecule has 2 saturated heterocycles. The van der Waals surface area contributed by atoms with Crippen molar-refractivity contribution in [3.8, 4) is 10.6 Å². The van der Waals surface area contributed by atoms with Crippen LogP contribution in [0.1, 0.15) is 24.1 Å². The van der Waals surface area contributed by atoms with Crippen LogP contribution in [0.4, 0.5) is 0 Å². The number of hydrogen-bond acceptors (Lipinski definition) is 5. The number of amides is 1. The lowest BCUT2D eigenvalue weighted by Crippen LogP contribution is -2.51. The molecule has 1 amide bonds. The topological polar surface area (TPSA) is 45.7 Å². The lowest BCUT2D eigenvalue weighted by molar-refractivity contribution is -0.142. The molecule has 1 atom stereocenters. The Bertz CT molecular complexity index is 762. The summed E-state index contributed by atoms with van der Waals surface area (Å²) >= 11 is 1.70. The number of carbonyl (C=O) groups is 1. The summed E-state index contributed by atoms with van der Waals surface area (Å²) in [5, 5.41) is 3.23. The van der Waals surface area contributed by atoms with Gasteiger partial charge in [0, 0.05) is 50.3 Å². The molecule has 3 heterocycles. The molecule has 0 spiro atoms. The van der Waals surface area contributed by atoms with Gasteiger partial charge in [-0.2, -0.15) is 0 Å². The van der Waals surface area contributed by atoms with Gasteiger partial charge in [-0.3, -0.25) is 9.69 Å². The Morgan fingerprint density at radius 3 is 2.88 bits per heavy atom. The summed E-state index contributed by atoms with van der Waals surface area (Å²) in [6, 6.07) is 8.48. The first-order valence-electron chi connectivity index (χ1n) is 9.33. The number of aromatic nitrogens is 1. The number of ether oxygens (including phenoxy) is 1. The SMILES string of the molecule is Cc1cccc(-c2nc(CN3CCN(C(=O)[C@@H]4CCCO4)CC3)cs2)c1. The smallest absolute Gasteiger partial charge is 0.251 e. The van der Waals surface area contributed by atoms with Crippen molar-refractivity contribution in [2.45, 2.75) is 32.4 Å². The van der Waals surface area contributed by atoms with Crippen molar-refractivity contribution in [3.63, 3.8) is 0 Å². The number of hydrogen-bond donors (Lipinski definition) is 0. The molecule has 1 aromatic carbocycles. The fourth-order valence-corrected chi connectivity index (χ4v) is 4.43. The maximum absolute atomic E-state index is 12.4. The zero-order valence-corrected chi connectivity index (χ0v) is 16.0. The Morgan fingerprint density at radius 2 is 2.15 bits per heavy atom. The van der Waals surface area contributed by atoms with Crippen LogP contribution in [0.15, 0.2) is 29.6 Å². The maximum atomic E-state index is 12.4. The molecular weight excluding hydrogens is 346 g/mol. The second-order valence-corrected chi connectivity index (χ2v) is 7.97. The predicted octanol–water partition coefficient (Wildman–Crippen LogP) is 2.94. The van der Waals surface area contributed by atoms with Crippen LogP contribution in [-0.2, 0) is 16.1 Å². The number of benzene rings is 1. The normalized spacial score (nSPS) is 21.3. The molecule has 138 valence electrons. The number of carbonyl (C=O) groups excluding carboxylic acids is 1. The Hall–Kier alpha value is -1.76. The van der Waals surface area contributed by atoms with Crippen LogP contribution in [0.2, 0.25) is 0 Å². The molecule has 4 rings (SSSR count). The van der Waals surface area contributed by atoms with Gasteiger partial charge < -0.3 is 9.64 Å². The summed E-state index contributed by atoms with van der Waals surface area (Å²) in [4.78, 5) is 21.6. The van der Waals surface area contributed by atoms with Crippen LogP contribution >= 0.6 is 11.3 Å². The van der Waals surface area contributed by atoms with Crippen molar-refractivity contribution in [3.05, 3.63) is 40.9 Å². The van der Waals surface area contributed by atoms with Gasteiger partial charge in [0.25, 0.3) is 5.91 Å². The fraction of sp³-hybridized carbons (Fsp3) is 0.500. The van der Waals surface area contributed by atoms with E-state index in [1.54, 1.807) is 11.3 Å². The van der Waals surface area contributed by atoms with Crippen LogP contribution in [-0.4, -0.2) is 59.6 Å². The molecule has 0 radical (unpaired) electrons. The van der Waals surface area contributed by atoms with Gasteiger partial charge in [-0.25, -0.2) is 4.98 Å².